The minimum atomic E-state index is 0.910. The number of hydrogen-bond acceptors (Lipinski definition) is 2. The van der Waals surface area contributed by atoms with Gasteiger partial charge in [-0.15, -0.1) is 0 Å². The molecule has 0 fully saturated rings. The molecule has 0 saturated carbocycles. The first-order valence-electron chi connectivity index (χ1n) is 15.4. The maximum Gasteiger partial charge on any atom is 0.137 e. The second-order valence-electron chi connectivity index (χ2n) is 11.8. The fraction of sp³-hybridized carbons (Fsp3) is 0. The van der Waals surface area contributed by atoms with Crippen LogP contribution in [0.5, 0.6) is 0 Å². The van der Waals surface area contributed by atoms with E-state index in [0.717, 1.165) is 44.7 Å². The SMILES string of the molecule is c1ccc(-c2cc(-c3ccccc3)cc(N3c4ccccc4-n4c5c3cccc5c3ccc5oc6ccccc6c5c34)c2)cc1. The van der Waals surface area contributed by atoms with Gasteiger partial charge in [0.25, 0.3) is 0 Å². The van der Waals surface area contributed by atoms with Gasteiger partial charge in [0, 0.05) is 21.8 Å². The molecule has 1 aliphatic heterocycles. The Kier molecular flexibility index (Phi) is 5.00. The lowest BCUT2D eigenvalue weighted by Gasteiger charge is -2.33. The van der Waals surface area contributed by atoms with Gasteiger partial charge < -0.3 is 13.9 Å². The summed E-state index contributed by atoms with van der Waals surface area (Å²) in [4.78, 5) is 2.44. The van der Waals surface area contributed by atoms with Gasteiger partial charge in [0.2, 0.25) is 0 Å². The molecule has 1 aliphatic rings. The Balaban J connectivity index is 1.33. The molecule has 0 saturated heterocycles. The first kappa shape index (κ1) is 24.4. The Morgan fingerprint density at radius 3 is 1.73 bits per heavy atom. The standard InChI is InChI=1S/C42H26N2O/c1-3-12-27(13-4-1)29-24-30(28-14-5-2-6-15-28)26-31(25-29)43-35-18-8-9-19-36(35)44-41-32(17-11-20-37(41)43)33-22-23-39-40(42(33)44)34-16-7-10-21-38(34)45-39/h1-26H. The van der Waals surface area contributed by atoms with Gasteiger partial charge in [0.05, 0.1) is 33.5 Å². The molecular formula is C42H26N2O. The van der Waals surface area contributed by atoms with Crippen LogP contribution in [0.2, 0.25) is 0 Å². The van der Waals surface area contributed by atoms with E-state index in [1.807, 2.05) is 6.07 Å². The molecule has 3 heteroatoms. The number of para-hydroxylation sites is 4. The number of fused-ring (bicyclic) bond motifs is 9. The van der Waals surface area contributed by atoms with Crippen LogP contribution in [-0.4, -0.2) is 4.57 Å². The second kappa shape index (κ2) is 9.22. The summed E-state index contributed by atoms with van der Waals surface area (Å²) >= 11 is 0. The normalized spacial score (nSPS) is 12.4. The molecule has 0 spiro atoms. The molecule has 0 radical (unpaired) electrons. The molecule has 0 aliphatic carbocycles. The number of hydrogen-bond donors (Lipinski definition) is 0. The monoisotopic (exact) mass is 574 g/mol. The molecule has 0 atom stereocenters. The predicted molar refractivity (Wildman–Crippen MR) is 187 cm³/mol. The number of rotatable bonds is 3. The molecule has 3 nitrogen and oxygen atoms in total. The number of nitrogens with zero attached hydrogens (tertiary/aromatic N) is 2. The average molecular weight is 575 g/mol. The van der Waals surface area contributed by atoms with Crippen LogP contribution in [0, 0.1) is 0 Å². The average Bonchev–Trinajstić information content (AvgIpc) is 3.66. The molecule has 0 unspecified atom stereocenters. The lowest BCUT2D eigenvalue weighted by molar-refractivity contribution is 0.669. The van der Waals surface area contributed by atoms with Gasteiger partial charge in [-0.25, -0.2) is 0 Å². The van der Waals surface area contributed by atoms with E-state index in [4.69, 9.17) is 4.42 Å². The maximum atomic E-state index is 6.37. The van der Waals surface area contributed by atoms with E-state index < -0.39 is 0 Å². The Bertz CT molecular complexity index is 2530. The van der Waals surface area contributed by atoms with Crippen molar-refractivity contribution in [1.82, 2.24) is 4.57 Å². The van der Waals surface area contributed by atoms with Gasteiger partial charge in [-0.05, 0) is 76.9 Å². The van der Waals surface area contributed by atoms with Crippen molar-refractivity contribution in [3.05, 3.63) is 158 Å². The summed E-state index contributed by atoms with van der Waals surface area (Å²) in [6, 6.07) is 56.6. The highest BCUT2D eigenvalue weighted by Gasteiger charge is 2.30. The molecule has 3 heterocycles. The molecule has 7 aromatic carbocycles. The van der Waals surface area contributed by atoms with Crippen molar-refractivity contribution in [3.8, 4) is 27.9 Å². The first-order chi connectivity index (χ1) is 22.3. The maximum absolute atomic E-state index is 6.37. The summed E-state index contributed by atoms with van der Waals surface area (Å²) in [6.45, 7) is 0. The summed E-state index contributed by atoms with van der Waals surface area (Å²) < 4.78 is 8.84. The van der Waals surface area contributed by atoms with Crippen LogP contribution in [0.15, 0.2) is 162 Å². The highest BCUT2D eigenvalue weighted by molar-refractivity contribution is 6.27. The van der Waals surface area contributed by atoms with Crippen molar-refractivity contribution in [1.29, 1.82) is 0 Å². The van der Waals surface area contributed by atoms with Crippen molar-refractivity contribution >= 4 is 60.8 Å². The summed E-state index contributed by atoms with van der Waals surface area (Å²) in [7, 11) is 0. The van der Waals surface area contributed by atoms with E-state index in [2.05, 4.69) is 161 Å². The minimum Gasteiger partial charge on any atom is -0.456 e. The predicted octanol–water partition coefficient (Wildman–Crippen LogP) is 11.8. The van der Waals surface area contributed by atoms with Crippen molar-refractivity contribution in [2.24, 2.45) is 0 Å². The van der Waals surface area contributed by atoms with Gasteiger partial charge in [-0.2, -0.15) is 0 Å². The van der Waals surface area contributed by atoms with Crippen LogP contribution < -0.4 is 4.90 Å². The Labute approximate surface area is 259 Å². The summed E-state index contributed by atoms with van der Waals surface area (Å²) in [5, 5.41) is 4.76. The molecule has 210 valence electrons. The topological polar surface area (TPSA) is 21.3 Å². The van der Waals surface area contributed by atoms with Gasteiger partial charge in [-0.1, -0.05) is 103 Å². The third kappa shape index (κ3) is 3.46. The van der Waals surface area contributed by atoms with Crippen molar-refractivity contribution in [2.75, 3.05) is 4.90 Å². The van der Waals surface area contributed by atoms with Gasteiger partial charge in [-0.3, -0.25) is 0 Å². The van der Waals surface area contributed by atoms with Crippen molar-refractivity contribution in [3.63, 3.8) is 0 Å². The molecule has 9 aromatic rings. The Morgan fingerprint density at radius 2 is 0.978 bits per heavy atom. The Hall–Kier alpha value is -6.06. The smallest absolute Gasteiger partial charge is 0.137 e. The van der Waals surface area contributed by atoms with Crippen LogP contribution in [0.1, 0.15) is 0 Å². The third-order valence-corrected chi connectivity index (χ3v) is 9.26. The van der Waals surface area contributed by atoms with E-state index in [-0.39, 0.29) is 0 Å². The van der Waals surface area contributed by atoms with Crippen LogP contribution in [-0.2, 0) is 0 Å². The largest absolute Gasteiger partial charge is 0.456 e. The zero-order chi connectivity index (χ0) is 29.5. The number of furan rings is 1. The Morgan fingerprint density at radius 1 is 0.378 bits per heavy atom. The van der Waals surface area contributed by atoms with Gasteiger partial charge >= 0.3 is 0 Å². The molecule has 2 aromatic heterocycles. The third-order valence-electron chi connectivity index (χ3n) is 9.26. The van der Waals surface area contributed by atoms with Crippen LogP contribution in [0.3, 0.4) is 0 Å². The summed E-state index contributed by atoms with van der Waals surface area (Å²) in [5.74, 6) is 0. The van der Waals surface area contributed by atoms with Crippen LogP contribution >= 0.6 is 0 Å². The lowest BCUT2D eigenvalue weighted by Crippen LogP contribution is -2.18. The molecule has 0 amide bonds. The second-order valence-corrected chi connectivity index (χ2v) is 11.8. The van der Waals surface area contributed by atoms with E-state index in [0.29, 0.717) is 0 Å². The number of aromatic nitrogens is 1. The molecule has 0 bridgehead atoms. The van der Waals surface area contributed by atoms with Crippen molar-refractivity contribution < 1.29 is 4.42 Å². The quantitative estimate of drug-likeness (QED) is 0.209. The zero-order valence-electron chi connectivity index (χ0n) is 24.3. The van der Waals surface area contributed by atoms with E-state index in [9.17, 15) is 0 Å². The summed E-state index contributed by atoms with van der Waals surface area (Å²) in [5.41, 5.74) is 13.6. The number of benzene rings is 7. The first-order valence-corrected chi connectivity index (χ1v) is 15.4. The fourth-order valence-electron chi connectivity index (χ4n) is 7.35. The van der Waals surface area contributed by atoms with Gasteiger partial charge in [0.1, 0.15) is 11.2 Å². The molecule has 0 N–H and O–H groups in total. The highest BCUT2D eigenvalue weighted by atomic mass is 16.3. The van der Waals surface area contributed by atoms with Gasteiger partial charge in [0.15, 0.2) is 0 Å². The van der Waals surface area contributed by atoms with E-state index in [1.165, 1.54) is 44.1 Å². The van der Waals surface area contributed by atoms with E-state index in [1.54, 1.807) is 0 Å². The zero-order valence-corrected chi connectivity index (χ0v) is 24.3. The molecular weight excluding hydrogens is 548 g/mol. The number of anilines is 3. The minimum absolute atomic E-state index is 0.910. The molecule has 10 rings (SSSR count). The highest BCUT2D eigenvalue weighted by Crippen LogP contribution is 2.52. The van der Waals surface area contributed by atoms with Crippen LogP contribution in [0.4, 0.5) is 17.1 Å². The van der Waals surface area contributed by atoms with E-state index >= 15 is 0 Å². The van der Waals surface area contributed by atoms with Crippen molar-refractivity contribution in [2.45, 2.75) is 0 Å². The molecule has 45 heavy (non-hydrogen) atoms. The lowest BCUT2D eigenvalue weighted by atomic mass is 9.97. The fourth-order valence-corrected chi connectivity index (χ4v) is 7.35. The van der Waals surface area contributed by atoms with Crippen LogP contribution in [0.25, 0.3) is 71.7 Å². The summed E-state index contributed by atoms with van der Waals surface area (Å²) in [6.07, 6.45) is 0.